The van der Waals surface area contributed by atoms with E-state index in [9.17, 15) is 5.11 Å². The fourth-order valence-electron chi connectivity index (χ4n) is 2.32. The minimum absolute atomic E-state index is 0.321. The van der Waals surface area contributed by atoms with E-state index in [1.54, 1.807) is 18.3 Å². The molecule has 2 aromatic rings. The quantitative estimate of drug-likeness (QED) is 0.315. The van der Waals surface area contributed by atoms with Gasteiger partial charge in [-0.2, -0.15) is 11.3 Å². The molecule has 1 aromatic carbocycles. The SMILES string of the molecule is CCNC(=NCC(C)(O)c1ccsc1)NCCCNc1ccccc1. The Bertz CT molecular complexity index is 626. The molecule has 2 rings (SSSR count). The molecule has 25 heavy (non-hydrogen) atoms. The summed E-state index contributed by atoms with van der Waals surface area (Å²) in [5.41, 5.74) is 1.09. The summed E-state index contributed by atoms with van der Waals surface area (Å²) in [6.45, 7) is 6.64. The highest BCUT2D eigenvalue weighted by Gasteiger charge is 2.23. The van der Waals surface area contributed by atoms with E-state index in [2.05, 4.69) is 33.1 Å². The summed E-state index contributed by atoms with van der Waals surface area (Å²) in [6, 6.07) is 12.1. The van der Waals surface area contributed by atoms with Crippen LogP contribution in [-0.2, 0) is 5.60 Å². The largest absolute Gasteiger partial charge is 0.385 e. The number of guanidine groups is 1. The van der Waals surface area contributed by atoms with E-state index in [0.717, 1.165) is 43.3 Å². The molecule has 136 valence electrons. The van der Waals surface area contributed by atoms with Gasteiger partial charge in [0.05, 0.1) is 6.54 Å². The molecule has 0 spiro atoms. The fourth-order valence-corrected chi connectivity index (χ4v) is 3.10. The minimum atomic E-state index is -0.947. The number of aliphatic imine (C=N–C) groups is 1. The highest BCUT2D eigenvalue weighted by molar-refractivity contribution is 7.08. The van der Waals surface area contributed by atoms with Gasteiger partial charge in [0.25, 0.3) is 0 Å². The maximum atomic E-state index is 10.6. The van der Waals surface area contributed by atoms with Gasteiger partial charge >= 0.3 is 0 Å². The summed E-state index contributed by atoms with van der Waals surface area (Å²) in [7, 11) is 0. The molecule has 1 atom stereocenters. The van der Waals surface area contributed by atoms with Crippen molar-refractivity contribution in [2.75, 3.05) is 31.5 Å². The molecule has 1 unspecified atom stereocenters. The zero-order valence-corrected chi connectivity index (χ0v) is 15.8. The van der Waals surface area contributed by atoms with Crippen LogP contribution in [0.2, 0.25) is 0 Å². The lowest BCUT2D eigenvalue weighted by molar-refractivity contribution is 0.0677. The van der Waals surface area contributed by atoms with E-state index < -0.39 is 5.60 Å². The molecular weight excluding hydrogens is 332 g/mol. The Hall–Kier alpha value is -2.05. The van der Waals surface area contributed by atoms with Crippen LogP contribution in [0, 0.1) is 0 Å². The maximum Gasteiger partial charge on any atom is 0.191 e. The molecule has 0 aliphatic heterocycles. The van der Waals surface area contributed by atoms with Crippen LogP contribution in [0.3, 0.4) is 0 Å². The zero-order valence-electron chi connectivity index (χ0n) is 15.0. The van der Waals surface area contributed by atoms with Crippen molar-refractivity contribution < 1.29 is 5.11 Å². The second-order valence-corrected chi connectivity index (χ2v) is 6.83. The number of thiophene rings is 1. The Kier molecular flexibility index (Phi) is 7.76. The highest BCUT2D eigenvalue weighted by atomic mass is 32.1. The van der Waals surface area contributed by atoms with Gasteiger partial charge in [-0.1, -0.05) is 18.2 Å². The second-order valence-electron chi connectivity index (χ2n) is 6.05. The maximum absolute atomic E-state index is 10.6. The van der Waals surface area contributed by atoms with Crippen LogP contribution in [0.1, 0.15) is 25.8 Å². The highest BCUT2D eigenvalue weighted by Crippen LogP contribution is 2.23. The number of nitrogens with one attached hydrogen (secondary N) is 3. The average Bonchev–Trinajstić information content (AvgIpc) is 3.16. The smallest absolute Gasteiger partial charge is 0.191 e. The molecule has 4 N–H and O–H groups in total. The standard InChI is InChI=1S/C19H28N4OS/c1-3-20-18(23-15-19(2,24)16-10-13-25-14-16)22-12-7-11-21-17-8-5-4-6-9-17/h4-6,8-10,13-14,21,24H,3,7,11-12,15H2,1-2H3,(H2,20,22,23). The lowest BCUT2D eigenvalue weighted by Gasteiger charge is -2.21. The van der Waals surface area contributed by atoms with Crippen LogP contribution in [0.4, 0.5) is 5.69 Å². The molecule has 0 saturated heterocycles. The van der Waals surface area contributed by atoms with Gasteiger partial charge in [-0.25, -0.2) is 4.99 Å². The van der Waals surface area contributed by atoms with Crippen molar-refractivity contribution in [1.82, 2.24) is 10.6 Å². The van der Waals surface area contributed by atoms with Crippen LogP contribution < -0.4 is 16.0 Å². The predicted octanol–water partition coefficient (Wildman–Crippen LogP) is 3.01. The number of rotatable bonds is 9. The van der Waals surface area contributed by atoms with Crippen LogP contribution in [0.25, 0.3) is 0 Å². The third-order valence-electron chi connectivity index (χ3n) is 3.78. The number of nitrogens with zero attached hydrogens (tertiary/aromatic N) is 1. The van der Waals surface area contributed by atoms with Gasteiger partial charge in [-0.05, 0) is 54.8 Å². The van der Waals surface area contributed by atoms with Gasteiger partial charge in [-0.3, -0.25) is 0 Å². The van der Waals surface area contributed by atoms with Crippen LogP contribution in [0.5, 0.6) is 0 Å². The molecule has 0 bridgehead atoms. The van der Waals surface area contributed by atoms with Crippen molar-refractivity contribution >= 4 is 23.0 Å². The third kappa shape index (κ3) is 6.76. The molecular formula is C19H28N4OS. The fraction of sp³-hybridized carbons (Fsp3) is 0.421. The van der Waals surface area contributed by atoms with Crippen molar-refractivity contribution in [2.45, 2.75) is 25.9 Å². The summed E-state index contributed by atoms with van der Waals surface area (Å²) in [5, 5.41) is 24.4. The van der Waals surface area contributed by atoms with Crippen LogP contribution in [-0.4, -0.2) is 37.2 Å². The Morgan fingerprint density at radius 3 is 2.64 bits per heavy atom. The molecule has 0 radical (unpaired) electrons. The van der Waals surface area contributed by atoms with E-state index >= 15 is 0 Å². The Balaban J connectivity index is 1.75. The van der Waals surface area contributed by atoms with E-state index in [1.165, 1.54) is 0 Å². The van der Waals surface area contributed by atoms with Gasteiger partial charge in [0, 0.05) is 25.3 Å². The molecule has 0 aliphatic rings. The molecule has 0 saturated carbocycles. The summed E-state index contributed by atoms with van der Waals surface area (Å²) < 4.78 is 0. The Morgan fingerprint density at radius 1 is 1.16 bits per heavy atom. The first-order chi connectivity index (χ1) is 12.1. The first-order valence-electron chi connectivity index (χ1n) is 8.68. The lowest BCUT2D eigenvalue weighted by Crippen LogP contribution is -2.39. The second kappa shape index (κ2) is 10.1. The van der Waals surface area contributed by atoms with Gasteiger partial charge in [0.2, 0.25) is 0 Å². The topological polar surface area (TPSA) is 68.7 Å². The predicted molar refractivity (Wildman–Crippen MR) is 107 cm³/mol. The van der Waals surface area contributed by atoms with Crippen LogP contribution >= 0.6 is 11.3 Å². The first kappa shape index (κ1) is 19.3. The monoisotopic (exact) mass is 360 g/mol. The molecule has 0 fully saturated rings. The summed E-state index contributed by atoms with van der Waals surface area (Å²) in [6.07, 6.45) is 0.972. The number of benzene rings is 1. The number of anilines is 1. The van der Waals surface area contributed by atoms with Crippen molar-refractivity contribution in [1.29, 1.82) is 0 Å². The molecule has 0 aliphatic carbocycles. The van der Waals surface area contributed by atoms with Gasteiger partial charge in [-0.15, -0.1) is 0 Å². The lowest BCUT2D eigenvalue weighted by atomic mass is 10.00. The third-order valence-corrected chi connectivity index (χ3v) is 4.46. The Morgan fingerprint density at radius 2 is 1.96 bits per heavy atom. The van der Waals surface area contributed by atoms with Crippen LogP contribution in [0.15, 0.2) is 52.2 Å². The number of aliphatic hydroxyl groups is 1. The van der Waals surface area contributed by atoms with E-state index in [-0.39, 0.29) is 0 Å². The summed E-state index contributed by atoms with van der Waals surface area (Å²) in [4.78, 5) is 4.53. The van der Waals surface area contributed by atoms with Crippen molar-refractivity contribution in [2.24, 2.45) is 4.99 Å². The first-order valence-corrected chi connectivity index (χ1v) is 9.62. The van der Waals surface area contributed by atoms with E-state index in [0.29, 0.717) is 6.54 Å². The van der Waals surface area contributed by atoms with Gasteiger partial charge in [0.1, 0.15) is 5.60 Å². The number of hydrogen-bond donors (Lipinski definition) is 4. The molecule has 1 heterocycles. The minimum Gasteiger partial charge on any atom is -0.385 e. The Labute approximate surface area is 154 Å². The average molecular weight is 361 g/mol. The van der Waals surface area contributed by atoms with Crippen molar-refractivity contribution in [3.8, 4) is 0 Å². The van der Waals surface area contributed by atoms with E-state index in [4.69, 9.17) is 0 Å². The number of para-hydroxylation sites is 1. The van der Waals surface area contributed by atoms with Crippen molar-refractivity contribution in [3.05, 3.63) is 52.7 Å². The number of hydrogen-bond acceptors (Lipinski definition) is 4. The van der Waals surface area contributed by atoms with Crippen molar-refractivity contribution in [3.63, 3.8) is 0 Å². The van der Waals surface area contributed by atoms with Gasteiger partial charge in [0.15, 0.2) is 5.96 Å². The molecule has 0 amide bonds. The zero-order chi connectivity index (χ0) is 18.0. The van der Waals surface area contributed by atoms with Gasteiger partial charge < -0.3 is 21.1 Å². The molecule has 5 nitrogen and oxygen atoms in total. The summed E-state index contributed by atoms with van der Waals surface area (Å²) >= 11 is 1.58. The summed E-state index contributed by atoms with van der Waals surface area (Å²) in [5.74, 6) is 0.734. The molecule has 6 heteroatoms. The normalized spacial score (nSPS) is 14.0. The molecule has 1 aromatic heterocycles. The van der Waals surface area contributed by atoms with E-state index in [1.807, 2.05) is 41.9 Å².